The van der Waals surface area contributed by atoms with Crippen molar-refractivity contribution < 1.29 is 19.1 Å². The lowest BCUT2D eigenvalue weighted by Gasteiger charge is -2.49. The number of likely N-dealkylation sites (tertiary alicyclic amines) is 1. The number of hydrogen-bond acceptors (Lipinski definition) is 5. The maximum absolute atomic E-state index is 12.8. The van der Waals surface area contributed by atoms with Gasteiger partial charge in [0.05, 0.1) is 32.7 Å². The number of esters is 2. The zero-order valence-corrected chi connectivity index (χ0v) is 16.0. The number of nitrogens with one attached hydrogen (secondary N) is 1. The fourth-order valence-corrected chi connectivity index (χ4v) is 5.12. The number of carbonyl (C=O) groups excluding carboxylic acids is 2. The van der Waals surface area contributed by atoms with Crippen LogP contribution in [0.2, 0.25) is 0 Å². The number of fused-ring (bicyclic) bond motifs is 6. The normalized spacial score (nSPS) is 27.2. The molecular formula is C21H26N2O4. The summed E-state index contributed by atoms with van der Waals surface area (Å²) in [6.45, 7) is 3.20. The molecule has 0 radical (unpaired) electrons. The molecule has 1 N–H and O–H groups in total. The van der Waals surface area contributed by atoms with E-state index < -0.39 is 0 Å². The molecule has 0 unspecified atom stereocenters. The molecule has 1 aliphatic carbocycles. The lowest BCUT2D eigenvalue weighted by molar-refractivity contribution is -0.149. The lowest BCUT2D eigenvalue weighted by Crippen LogP contribution is -2.50. The van der Waals surface area contributed by atoms with Crippen molar-refractivity contribution in [3.8, 4) is 0 Å². The van der Waals surface area contributed by atoms with Crippen molar-refractivity contribution >= 4 is 22.8 Å². The summed E-state index contributed by atoms with van der Waals surface area (Å²) >= 11 is 0. The number of nitrogens with zero attached hydrogens (tertiary/aromatic N) is 1. The largest absolute Gasteiger partial charge is 0.469 e. The van der Waals surface area contributed by atoms with Crippen LogP contribution < -0.4 is 0 Å². The van der Waals surface area contributed by atoms with Gasteiger partial charge in [-0.05, 0) is 29.9 Å². The second kappa shape index (κ2) is 7.00. The van der Waals surface area contributed by atoms with Gasteiger partial charge in [0.2, 0.25) is 0 Å². The summed E-state index contributed by atoms with van der Waals surface area (Å²) in [7, 11) is 2.89. The number of rotatable bonds is 4. The number of methoxy groups -OCH3 is 2. The molecule has 2 aliphatic rings. The van der Waals surface area contributed by atoms with E-state index in [1.165, 1.54) is 14.2 Å². The van der Waals surface area contributed by atoms with Crippen molar-refractivity contribution in [3.05, 3.63) is 35.5 Å². The van der Waals surface area contributed by atoms with Gasteiger partial charge in [0.15, 0.2) is 0 Å². The first-order valence-corrected chi connectivity index (χ1v) is 9.58. The highest BCUT2D eigenvalue weighted by molar-refractivity contribution is 5.92. The second-order valence-electron chi connectivity index (χ2n) is 7.59. The fourth-order valence-electron chi connectivity index (χ4n) is 5.12. The van der Waals surface area contributed by atoms with Crippen LogP contribution in [-0.2, 0) is 19.1 Å². The van der Waals surface area contributed by atoms with E-state index in [2.05, 4.69) is 22.9 Å². The van der Waals surface area contributed by atoms with Crippen molar-refractivity contribution in [2.75, 3.05) is 27.3 Å². The van der Waals surface area contributed by atoms with Crippen LogP contribution in [0.15, 0.2) is 24.3 Å². The van der Waals surface area contributed by atoms with E-state index in [0.29, 0.717) is 5.92 Å². The Balaban J connectivity index is 1.88. The van der Waals surface area contributed by atoms with E-state index in [1.54, 1.807) is 0 Å². The number of para-hydroxylation sites is 1. The Labute approximate surface area is 158 Å². The predicted molar refractivity (Wildman–Crippen MR) is 101 cm³/mol. The summed E-state index contributed by atoms with van der Waals surface area (Å²) in [6, 6.07) is 8.17. The van der Waals surface area contributed by atoms with Gasteiger partial charge in [-0.2, -0.15) is 0 Å². The average Bonchev–Trinajstić information content (AvgIpc) is 3.08. The molecule has 2 bridgehead atoms. The molecule has 6 heteroatoms. The number of piperidine rings is 1. The predicted octanol–water partition coefficient (Wildman–Crippen LogP) is 3.00. The maximum Gasteiger partial charge on any atom is 0.319 e. The summed E-state index contributed by atoms with van der Waals surface area (Å²) in [5, 5.41) is 1.08. The van der Waals surface area contributed by atoms with Crippen LogP contribution in [0, 0.1) is 11.8 Å². The molecule has 1 aromatic heterocycles. The molecule has 0 amide bonds. The van der Waals surface area contributed by atoms with Gasteiger partial charge in [-0.15, -0.1) is 0 Å². The first kappa shape index (κ1) is 18.0. The van der Waals surface area contributed by atoms with Crippen LogP contribution in [0.25, 0.3) is 10.9 Å². The molecule has 1 aliphatic heterocycles. The summed E-state index contributed by atoms with van der Waals surface area (Å²) < 4.78 is 10.1. The molecule has 1 fully saturated rings. The number of ether oxygens (including phenoxy) is 2. The molecule has 0 spiro atoms. The summed E-state index contributed by atoms with van der Waals surface area (Å²) in [5.74, 6) is -0.104. The van der Waals surface area contributed by atoms with Crippen molar-refractivity contribution in [1.29, 1.82) is 0 Å². The van der Waals surface area contributed by atoms with E-state index in [1.807, 2.05) is 18.2 Å². The van der Waals surface area contributed by atoms with Crippen LogP contribution in [0.5, 0.6) is 0 Å². The number of carbonyl (C=O) groups is 2. The van der Waals surface area contributed by atoms with Crippen molar-refractivity contribution in [1.82, 2.24) is 9.88 Å². The number of H-pyrrole nitrogens is 1. The molecule has 4 rings (SSSR count). The average molecular weight is 370 g/mol. The minimum atomic E-state index is -0.261. The Kier molecular flexibility index (Phi) is 4.68. The molecule has 1 saturated heterocycles. The Morgan fingerprint density at radius 1 is 1.22 bits per heavy atom. The molecule has 2 aromatic rings. The standard InChI is InChI=1S/C21H26N2O4/c1-4-12-10-23(11-17(24)26-2)16-9-14(12)19(21(25)27-3)18-13-7-5-6-8-15(13)22-20(16)18/h5-8,12,14,16,19,22H,4,9-11H2,1-3H3/t12-,14+,16+,19+/m0/s1. The van der Waals surface area contributed by atoms with Gasteiger partial charge in [-0.25, -0.2) is 0 Å². The van der Waals surface area contributed by atoms with Gasteiger partial charge in [0.1, 0.15) is 0 Å². The van der Waals surface area contributed by atoms with Crippen LogP contribution in [0.4, 0.5) is 0 Å². The molecular weight excluding hydrogens is 344 g/mol. The smallest absolute Gasteiger partial charge is 0.319 e. The zero-order valence-electron chi connectivity index (χ0n) is 16.0. The van der Waals surface area contributed by atoms with E-state index in [9.17, 15) is 9.59 Å². The number of aromatic amines is 1. The monoisotopic (exact) mass is 370 g/mol. The Morgan fingerprint density at radius 2 is 2.00 bits per heavy atom. The third-order valence-corrected chi connectivity index (χ3v) is 6.40. The van der Waals surface area contributed by atoms with Crippen molar-refractivity contribution in [2.24, 2.45) is 11.8 Å². The highest BCUT2D eigenvalue weighted by atomic mass is 16.5. The minimum Gasteiger partial charge on any atom is -0.469 e. The van der Waals surface area contributed by atoms with E-state index >= 15 is 0 Å². The second-order valence-corrected chi connectivity index (χ2v) is 7.59. The topological polar surface area (TPSA) is 71.6 Å². The minimum absolute atomic E-state index is 0.0835. The maximum atomic E-state index is 12.8. The SMILES string of the molecule is CC[C@H]1CN(CC(=O)OC)[C@@H]2C[C@H]1[C@@H](C(=O)OC)c1c2[nH]c2ccccc12. The zero-order chi connectivity index (χ0) is 19.1. The molecule has 144 valence electrons. The quantitative estimate of drug-likeness (QED) is 0.838. The highest BCUT2D eigenvalue weighted by Crippen LogP contribution is 2.53. The van der Waals surface area contributed by atoms with E-state index in [-0.39, 0.29) is 36.4 Å². The summed E-state index contributed by atoms with van der Waals surface area (Å²) in [4.78, 5) is 30.5. The molecule has 6 nitrogen and oxygen atoms in total. The fraction of sp³-hybridized carbons (Fsp3) is 0.524. The Hall–Kier alpha value is -2.34. The van der Waals surface area contributed by atoms with Gasteiger partial charge >= 0.3 is 11.9 Å². The van der Waals surface area contributed by atoms with Crippen LogP contribution in [0.1, 0.15) is 43.0 Å². The van der Waals surface area contributed by atoms with Gasteiger partial charge in [-0.3, -0.25) is 14.5 Å². The van der Waals surface area contributed by atoms with Gasteiger partial charge in [-0.1, -0.05) is 31.5 Å². The third kappa shape index (κ3) is 2.83. The van der Waals surface area contributed by atoms with Gasteiger partial charge in [0.25, 0.3) is 0 Å². The molecule has 0 saturated carbocycles. The van der Waals surface area contributed by atoms with Gasteiger partial charge in [0, 0.05) is 23.1 Å². The van der Waals surface area contributed by atoms with Crippen molar-refractivity contribution in [3.63, 3.8) is 0 Å². The Bertz CT molecular complexity index is 874. The number of hydrogen-bond donors (Lipinski definition) is 1. The van der Waals surface area contributed by atoms with Crippen LogP contribution in [0.3, 0.4) is 0 Å². The van der Waals surface area contributed by atoms with Crippen molar-refractivity contribution in [2.45, 2.75) is 31.7 Å². The van der Waals surface area contributed by atoms with E-state index in [4.69, 9.17) is 9.47 Å². The third-order valence-electron chi connectivity index (χ3n) is 6.40. The van der Waals surface area contributed by atoms with Crippen LogP contribution >= 0.6 is 0 Å². The molecule has 1 aromatic carbocycles. The number of benzene rings is 1. The summed E-state index contributed by atoms with van der Waals surface area (Å²) in [6.07, 6.45) is 1.80. The number of aromatic nitrogens is 1. The Morgan fingerprint density at radius 3 is 2.70 bits per heavy atom. The van der Waals surface area contributed by atoms with Gasteiger partial charge < -0.3 is 14.5 Å². The molecule has 2 heterocycles. The summed E-state index contributed by atoms with van der Waals surface area (Å²) in [5.41, 5.74) is 3.11. The first-order chi connectivity index (χ1) is 13.1. The highest BCUT2D eigenvalue weighted by Gasteiger charge is 2.50. The first-order valence-electron chi connectivity index (χ1n) is 9.58. The lowest BCUT2D eigenvalue weighted by atomic mass is 9.65. The molecule has 27 heavy (non-hydrogen) atoms. The molecule has 4 atom stereocenters. The van der Waals surface area contributed by atoms with E-state index in [0.717, 1.165) is 41.5 Å². The van der Waals surface area contributed by atoms with Crippen LogP contribution in [-0.4, -0.2) is 49.1 Å².